The van der Waals surface area contributed by atoms with Gasteiger partial charge in [0.1, 0.15) is 4.99 Å². The van der Waals surface area contributed by atoms with Crippen molar-refractivity contribution in [2.24, 2.45) is 5.73 Å². The predicted octanol–water partition coefficient (Wildman–Crippen LogP) is 0.533. The smallest absolute Gasteiger partial charge is 0.241 e. The Labute approximate surface area is 127 Å². The molecule has 1 aromatic carbocycles. The van der Waals surface area contributed by atoms with Crippen LogP contribution in [0, 0.1) is 6.92 Å². The molecule has 21 heavy (non-hydrogen) atoms. The van der Waals surface area contributed by atoms with E-state index in [1.807, 2.05) is 0 Å². The zero-order valence-corrected chi connectivity index (χ0v) is 12.9. The first kappa shape index (κ1) is 15.5. The van der Waals surface area contributed by atoms with Crippen LogP contribution in [0.3, 0.4) is 0 Å². The van der Waals surface area contributed by atoms with Crippen LogP contribution in [-0.2, 0) is 16.4 Å². The lowest BCUT2D eigenvalue weighted by atomic mass is 10.2. The Bertz CT molecular complexity index is 755. The van der Waals surface area contributed by atoms with E-state index in [0.717, 1.165) is 0 Å². The van der Waals surface area contributed by atoms with Crippen LogP contribution in [0.25, 0.3) is 0 Å². The van der Waals surface area contributed by atoms with Gasteiger partial charge in [0, 0.05) is 18.5 Å². The maximum Gasteiger partial charge on any atom is 0.241 e. The summed E-state index contributed by atoms with van der Waals surface area (Å²) in [7, 11) is -3.71. The second-order valence-electron chi connectivity index (χ2n) is 4.24. The van der Waals surface area contributed by atoms with E-state index in [9.17, 15) is 8.42 Å². The van der Waals surface area contributed by atoms with Crippen LogP contribution in [0.5, 0.6) is 0 Å². The summed E-state index contributed by atoms with van der Waals surface area (Å²) in [6.45, 7) is 1.82. The van der Waals surface area contributed by atoms with Crippen LogP contribution < -0.4 is 10.5 Å². The Hall–Kier alpha value is -1.84. The third-order valence-corrected chi connectivity index (χ3v) is 4.38. The topological polar surface area (TPSA) is 111 Å². The largest absolute Gasteiger partial charge is 0.389 e. The molecule has 0 spiro atoms. The third-order valence-electron chi connectivity index (χ3n) is 2.64. The molecule has 0 amide bonds. The molecule has 3 N–H and O–H groups in total. The van der Waals surface area contributed by atoms with Gasteiger partial charge in [-0.25, -0.2) is 13.1 Å². The summed E-state index contributed by atoms with van der Waals surface area (Å²) in [5, 5.41) is 3.63. The lowest BCUT2D eigenvalue weighted by Crippen LogP contribution is -2.28. The van der Waals surface area contributed by atoms with Crippen LogP contribution in [-0.4, -0.2) is 30.1 Å². The van der Waals surface area contributed by atoms with Gasteiger partial charge >= 0.3 is 0 Å². The zero-order valence-electron chi connectivity index (χ0n) is 11.2. The van der Waals surface area contributed by atoms with E-state index >= 15 is 0 Å². The van der Waals surface area contributed by atoms with E-state index in [1.54, 1.807) is 25.1 Å². The highest BCUT2D eigenvalue weighted by atomic mass is 32.2. The van der Waals surface area contributed by atoms with Gasteiger partial charge in [0.15, 0.2) is 5.82 Å². The Balaban J connectivity index is 2.10. The minimum atomic E-state index is -3.71. The summed E-state index contributed by atoms with van der Waals surface area (Å²) < 4.78 is 31.9. The molecule has 0 aliphatic heterocycles. The minimum Gasteiger partial charge on any atom is -0.389 e. The molecule has 7 nitrogen and oxygen atoms in total. The van der Waals surface area contributed by atoms with Gasteiger partial charge in [-0.2, -0.15) is 4.98 Å². The number of rotatable bonds is 6. The van der Waals surface area contributed by atoms with Crippen LogP contribution in [0.1, 0.15) is 17.3 Å². The molecule has 2 aromatic rings. The number of hydrogen-bond donors (Lipinski definition) is 2. The number of benzene rings is 1. The number of aromatic nitrogens is 2. The Morgan fingerprint density at radius 3 is 2.76 bits per heavy atom. The highest BCUT2D eigenvalue weighted by Crippen LogP contribution is 2.15. The van der Waals surface area contributed by atoms with Gasteiger partial charge < -0.3 is 10.3 Å². The van der Waals surface area contributed by atoms with Gasteiger partial charge in [-0.3, -0.25) is 0 Å². The van der Waals surface area contributed by atoms with Crippen molar-refractivity contribution < 1.29 is 12.9 Å². The summed E-state index contributed by atoms with van der Waals surface area (Å²) in [5.74, 6) is 0.879. The highest BCUT2D eigenvalue weighted by molar-refractivity contribution is 7.89. The lowest BCUT2D eigenvalue weighted by Gasteiger charge is -2.09. The number of nitrogens with two attached hydrogens (primary N) is 1. The average molecular weight is 326 g/mol. The fourth-order valence-electron chi connectivity index (χ4n) is 1.72. The quantitative estimate of drug-likeness (QED) is 0.745. The maximum absolute atomic E-state index is 12.3. The molecule has 9 heteroatoms. The number of thiocarbonyl (C=S) groups is 1. The van der Waals surface area contributed by atoms with Crippen molar-refractivity contribution in [2.45, 2.75) is 18.2 Å². The van der Waals surface area contributed by atoms with Crippen molar-refractivity contribution >= 4 is 27.2 Å². The van der Waals surface area contributed by atoms with E-state index in [0.29, 0.717) is 23.7 Å². The van der Waals surface area contributed by atoms with Crippen molar-refractivity contribution in [3.63, 3.8) is 0 Å². The number of sulfonamides is 1. The maximum atomic E-state index is 12.3. The van der Waals surface area contributed by atoms with E-state index in [2.05, 4.69) is 14.9 Å². The second kappa shape index (κ2) is 6.29. The Morgan fingerprint density at radius 2 is 2.14 bits per heavy atom. The average Bonchev–Trinajstić information content (AvgIpc) is 2.84. The second-order valence-corrected chi connectivity index (χ2v) is 6.42. The van der Waals surface area contributed by atoms with E-state index < -0.39 is 10.0 Å². The fourth-order valence-corrected chi connectivity index (χ4v) is 3.21. The normalized spacial score (nSPS) is 11.5. The molecule has 0 fully saturated rings. The first-order chi connectivity index (χ1) is 9.90. The van der Waals surface area contributed by atoms with Gasteiger partial charge in [0.2, 0.25) is 15.9 Å². The number of aryl methyl sites for hydroxylation is 1. The van der Waals surface area contributed by atoms with Crippen LogP contribution >= 0.6 is 12.2 Å². The summed E-state index contributed by atoms with van der Waals surface area (Å²) in [5.41, 5.74) is 5.85. The molecule has 1 heterocycles. The lowest BCUT2D eigenvalue weighted by molar-refractivity contribution is 0.375. The van der Waals surface area contributed by atoms with Crippen molar-refractivity contribution in [3.8, 4) is 0 Å². The van der Waals surface area contributed by atoms with Crippen LogP contribution in [0.15, 0.2) is 33.7 Å². The predicted molar refractivity (Wildman–Crippen MR) is 80.3 cm³/mol. The van der Waals surface area contributed by atoms with Crippen molar-refractivity contribution in [1.29, 1.82) is 0 Å². The molecule has 112 valence electrons. The van der Waals surface area contributed by atoms with E-state index in [1.165, 1.54) is 6.07 Å². The van der Waals surface area contributed by atoms with E-state index in [4.69, 9.17) is 22.5 Å². The Kier molecular flexibility index (Phi) is 4.66. The fraction of sp³-hybridized carbons (Fsp3) is 0.250. The number of hydrogen-bond acceptors (Lipinski definition) is 6. The molecule has 0 radical (unpaired) electrons. The molecule has 2 rings (SSSR count). The summed E-state index contributed by atoms with van der Waals surface area (Å²) in [4.78, 5) is 4.08. The van der Waals surface area contributed by atoms with E-state index in [-0.39, 0.29) is 16.4 Å². The van der Waals surface area contributed by atoms with Crippen molar-refractivity contribution in [3.05, 3.63) is 41.5 Å². The first-order valence-electron chi connectivity index (χ1n) is 6.08. The summed E-state index contributed by atoms with van der Waals surface area (Å²) in [6, 6.07) is 6.30. The van der Waals surface area contributed by atoms with Gasteiger partial charge in [-0.15, -0.1) is 0 Å². The van der Waals surface area contributed by atoms with Crippen LogP contribution in [0.4, 0.5) is 0 Å². The molecule has 0 saturated heterocycles. The minimum absolute atomic E-state index is 0.0310. The number of nitrogens with one attached hydrogen (secondary N) is 1. The van der Waals surface area contributed by atoms with Gasteiger partial charge in [0.05, 0.1) is 4.90 Å². The first-order valence-corrected chi connectivity index (χ1v) is 7.97. The molecular formula is C12H14N4O3S2. The monoisotopic (exact) mass is 326 g/mol. The molecule has 0 saturated carbocycles. The van der Waals surface area contributed by atoms with Crippen molar-refractivity contribution in [2.75, 3.05) is 6.54 Å². The van der Waals surface area contributed by atoms with Crippen LogP contribution in [0.2, 0.25) is 0 Å². The van der Waals surface area contributed by atoms with Gasteiger partial charge in [-0.05, 0) is 13.0 Å². The van der Waals surface area contributed by atoms with Gasteiger partial charge in [0.25, 0.3) is 0 Å². The Morgan fingerprint density at radius 1 is 1.43 bits per heavy atom. The molecule has 0 unspecified atom stereocenters. The number of nitrogens with zero attached hydrogens (tertiary/aromatic N) is 2. The molecule has 0 atom stereocenters. The van der Waals surface area contributed by atoms with Crippen molar-refractivity contribution in [1.82, 2.24) is 14.9 Å². The summed E-state index contributed by atoms with van der Waals surface area (Å²) in [6.07, 6.45) is 0.301. The SMILES string of the molecule is Cc1noc(CCNS(=O)(=O)c2ccccc2C(N)=S)n1. The third kappa shape index (κ3) is 3.84. The molecule has 1 aromatic heterocycles. The summed E-state index contributed by atoms with van der Waals surface area (Å²) >= 11 is 4.86. The molecule has 0 bridgehead atoms. The highest BCUT2D eigenvalue weighted by Gasteiger charge is 2.19. The molecule has 0 aliphatic rings. The molecule has 0 aliphatic carbocycles. The molecular weight excluding hydrogens is 312 g/mol. The zero-order chi connectivity index (χ0) is 15.5. The standard InChI is InChI=1S/C12H14N4O3S2/c1-8-15-11(19-16-8)6-7-14-21(17,18)10-5-3-2-4-9(10)12(13)20/h2-5,14H,6-7H2,1H3,(H2,13,20). The van der Waals surface area contributed by atoms with Gasteiger partial charge in [-0.1, -0.05) is 35.6 Å².